The van der Waals surface area contributed by atoms with Gasteiger partial charge in [0, 0.05) is 29.9 Å². The van der Waals surface area contributed by atoms with Crippen LogP contribution in [-0.4, -0.2) is 42.9 Å². The summed E-state index contributed by atoms with van der Waals surface area (Å²) in [5.41, 5.74) is -0.776. The molecule has 2 saturated carbocycles. The van der Waals surface area contributed by atoms with Crippen LogP contribution in [0.1, 0.15) is 79.3 Å². The van der Waals surface area contributed by atoms with Gasteiger partial charge in [0.25, 0.3) is 5.91 Å². The van der Waals surface area contributed by atoms with E-state index in [1.807, 2.05) is 0 Å². The fraction of sp³-hybridized carbons (Fsp3) is 0.471. The first-order valence-corrected chi connectivity index (χ1v) is 17.1. The first-order chi connectivity index (χ1) is 21.9. The molecule has 252 valence electrons. The van der Waals surface area contributed by atoms with Gasteiger partial charge in [-0.25, -0.2) is 13.6 Å². The van der Waals surface area contributed by atoms with Gasteiger partial charge in [-0.15, -0.1) is 0 Å². The predicted octanol–water partition coefficient (Wildman–Crippen LogP) is 6.09. The van der Waals surface area contributed by atoms with Crippen molar-refractivity contribution in [2.75, 3.05) is 0 Å². The van der Waals surface area contributed by atoms with E-state index in [4.69, 9.17) is 5.14 Å². The average Bonchev–Trinajstić information content (AvgIpc) is 3.29. The second kappa shape index (κ2) is 11.3. The molecule has 0 spiro atoms. The number of hydrogen-bond donors (Lipinski definition) is 3. The van der Waals surface area contributed by atoms with Crippen molar-refractivity contribution in [1.82, 2.24) is 5.32 Å². The van der Waals surface area contributed by atoms with E-state index < -0.39 is 57.3 Å². The number of sulfonamides is 1. The van der Waals surface area contributed by atoms with E-state index in [2.05, 4.69) is 5.32 Å². The highest BCUT2D eigenvalue weighted by Gasteiger charge is 2.79. The molecule has 1 amide bonds. The normalized spacial score (nSPS) is 29.5. The van der Waals surface area contributed by atoms with Crippen LogP contribution < -0.4 is 10.5 Å². The van der Waals surface area contributed by atoms with Gasteiger partial charge in [-0.3, -0.25) is 9.59 Å². The molecule has 0 aromatic heterocycles. The molecule has 2 fully saturated rings. The molecule has 4 aliphatic carbocycles. The minimum Gasteiger partial charge on any atom is -0.383 e. The fourth-order valence-electron chi connectivity index (χ4n) is 8.66. The number of primary sulfonamides is 1. The summed E-state index contributed by atoms with van der Waals surface area (Å²) in [5.74, 6) is -7.34. The van der Waals surface area contributed by atoms with Crippen molar-refractivity contribution in [3.63, 3.8) is 0 Å². The lowest BCUT2D eigenvalue weighted by Gasteiger charge is -2.56. The number of fused-ring (bicyclic) bond motifs is 4. The van der Waals surface area contributed by atoms with Crippen LogP contribution in [0.25, 0.3) is 0 Å². The van der Waals surface area contributed by atoms with Crippen molar-refractivity contribution in [2.45, 2.75) is 86.9 Å². The molecule has 4 N–H and O–H groups in total. The number of amides is 1. The maximum absolute atomic E-state index is 15.2. The van der Waals surface area contributed by atoms with Gasteiger partial charge < -0.3 is 10.4 Å². The number of nitrogens with one attached hydrogen (secondary N) is 1. The van der Waals surface area contributed by atoms with Crippen molar-refractivity contribution in [3.05, 3.63) is 88.0 Å². The number of ketones is 1. The number of carbonyl (C=O) groups is 2. The van der Waals surface area contributed by atoms with Crippen molar-refractivity contribution in [3.8, 4) is 0 Å². The largest absolute Gasteiger partial charge is 0.456 e. The third-order valence-corrected chi connectivity index (χ3v) is 12.0. The Kier molecular flexibility index (Phi) is 8.08. The van der Waals surface area contributed by atoms with Gasteiger partial charge >= 0.3 is 12.1 Å². The van der Waals surface area contributed by atoms with Crippen molar-refractivity contribution in [2.24, 2.45) is 22.4 Å². The Morgan fingerprint density at radius 2 is 1.66 bits per heavy atom. The van der Waals surface area contributed by atoms with Crippen molar-refractivity contribution < 1.29 is 45.1 Å². The highest BCUT2D eigenvalue weighted by Crippen LogP contribution is 2.70. The highest BCUT2D eigenvalue weighted by molar-refractivity contribution is 7.89. The molecular weight excluding hydrogens is 643 g/mol. The number of hydrogen-bond acceptors (Lipinski definition) is 5. The summed E-state index contributed by atoms with van der Waals surface area (Å²) in [5, 5.41) is 19.3. The number of rotatable bonds is 6. The zero-order chi connectivity index (χ0) is 34.2. The Morgan fingerprint density at radius 1 is 1.00 bits per heavy atom. The summed E-state index contributed by atoms with van der Waals surface area (Å²) in [6, 6.07) is 12.1. The quantitative estimate of drug-likeness (QED) is 0.319. The van der Waals surface area contributed by atoms with Gasteiger partial charge in [0.15, 0.2) is 5.78 Å². The first kappa shape index (κ1) is 33.5. The predicted molar refractivity (Wildman–Crippen MR) is 162 cm³/mol. The topological polar surface area (TPSA) is 127 Å². The molecule has 0 saturated heterocycles. The number of alkyl halides is 5. The molecule has 6 rings (SSSR count). The molecule has 2 aromatic carbocycles. The maximum Gasteiger partial charge on any atom is 0.456 e. The Morgan fingerprint density at radius 3 is 2.28 bits per heavy atom. The van der Waals surface area contributed by atoms with Gasteiger partial charge in [0.1, 0.15) is 5.60 Å². The molecule has 0 radical (unpaired) electrons. The van der Waals surface area contributed by atoms with Crippen LogP contribution in [0.3, 0.4) is 0 Å². The monoisotopic (exact) mass is 678 g/mol. The number of aliphatic hydroxyl groups is 1. The number of carbonyl (C=O) groups excluding carboxylic acids is 2. The lowest BCUT2D eigenvalue weighted by atomic mass is 9.50. The number of nitrogens with two attached hydrogens (primary N) is 1. The minimum absolute atomic E-state index is 0.00391. The third-order valence-electron chi connectivity index (χ3n) is 11.0. The summed E-state index contributed by atoms with van der Waals surface area (Å²) < 4.78 is 94.8. The van der Waals surface area contributed by atoms with Crippen LogP contribution in [0, 0.1) is 17.3 Å². The van der Waals surface area contributed by atoms with Crippen molar-refractivity contribution in [1.29, 1.82) is 0 Å². The van der Waals surface area contributed by atoms with Crippen LogP contribution in [0.4, 0.5) is 22.0 Å². The number of benzene rings is 2. The Hall–Kier alpha value is -3.42. The van der Waals surface area contributed by atoms with Crippen LogP contribution >= 0.6 is 0 Å². The van der Waals surface area contributed by atoms with E-state index >= 15 is 8.78 Å². The van der Waals surface area contributed by atoms with Crippen molar-refractivity contribution >= 4 is 21.7 Å². The van der Waals surface area contributed by atoms with E-state index in [-0.39, 0.29) is 48.0 Å². The lowest BCUT2D eigenvalue weighted by Crippen LogP contribution is -2.65. The molecule has 0 heterocycles. The first-order valence-electron chi connectivity index (χ1n) is 15.5. The zero-order valence-electron chi connectivity index (χ0n) is 25.5. The maximum atomic E-state index is 15.2. The van der Waals surface area contributed by atoms with Gasteiger partial charge in [0.05, 0.1) is 4.90 Å². The molecule has 2 unspecified atom stereocenters. The zero-order valence-corrected chi connectivity index (χ0v) is 26.4. The molecule has 47 heavy (non-hydrogen) atoms. The van der Waals surface area contributed by atoms with Gasteiger partial charge in [-0.2, -0.15) is 22.0 Å². The van der Waals surface area contributed by atoms with Gasteiger partial charge in [-0.05, 0) is 103 Å². The Labute approximate surface area is 269 Å². The van der Waals surface area contributed by atoms with E-state index in [0.29, 0.717) is 30.4 Å². The summed E-state index contributed by atoms with van der Waals surface area (Å²) in [4.78, 5) is 25.2. The molecule has 5 atom stereocenters. The minimum atomic E-state index is -5.93. The average molecular weight is 679 g/mol. The third kappa shape index (κ3) is 5.44. The van der Waals surface area contributed by atoms with Crippen LogP contribution in [0.2, 0.25) is 0 Å². The van der Waals surface area contributed by atoms with E-state index in [0.717, 1.165) is 16.7 Å². The molecule has 13 heteroatoms. The number of allylic oxidation sites excluding steroid dienone is 4. The Bertz CT molecular complexity index is 1790. The summed E-state index contributed by atoms with van der Waals surface area (Å²) in [6.07, 6.45) is -3.41. The van der Waals surface area contributed by atoms with E-state index in [9.17, 15) is 36.3 Å². The summed E-state index contributed by atoms with van der Waals surface area (Å²) in [6.45, 7) is 1.46. The number of halogens is 5. The van der Waals surface area contributed by atoms with E-state index in [1.165, 1.54) is 31.2 Å². The smallest absolute Gasteiger partial charge is 0.383 e. The van der Waals surface area contributed by atoms with Gasteiger partial charge in [-0.1, -0.05) is 36.8 Å². The second-order valence-electron chi connectivity index (χ2n) is 13.5. The van der Waals surface area contributed by atoms with E-state index in [1.54, 1.807) is 30.3 Å². The molecule has 7 nitrogen and oxygen atoms in total. The molecule has 2 aromatic rings. The molecular formula is C34H35F5N2O5S. The SMILES string of the molecule is CC12C[C@H](c3ccc(C(=O)NCc4ccc(S(N)(=O)=O)cc4)cc3)C3=C4CCC(=O)C=C4CCC3[C@@H]1CC[C@@]2(O)C(F)(F)C(F)(F)F. The summed E-state index contributed by atoms with van der Waals surface area (Å²) in [7, 11) is -3.86. The van der Waals surface area contributed by atoms with Crippen LogP contribution in [0.15, 0.2) is 76.2 Å². The van der Waals surface area contributed by atoms with Gasteiger partial charge in [0.2, 0.25) is 10.0 Å². The standard InChI is InChI=1S/C34H35F5N2O5S/c1-31-17-27(20-4-6-21(7-5-20)30(43)41-18-19-2-10-24(11-3-19)47(40,45)46)29-25-13-9-23(42)16-22(25)8-12-26(29)28(31)14-15-32(31,44)33(35,36)34(37,38)39/h2-7,10-11,16,26-28,44H,8-9,12-15,17-18H2,1H3,(H,41,43)(H2,40,45,46)/t26?,27-,28+,31?,32+/m1/s1. The lowest BCUT2D eigenvalue weighted by molar-refractivity contribution is -0.362. The van der Waals surface area contributed by atoms with Crippen LogP contribution in [0.5, 0.6) is 0 Å². The molecule has 0 aliphatic heterocycles. The summed E-state index contributed by atoms with van der Waals surface area (Å²) >= 11 is 0. The second-order valence-corrected chi connectivity index (χ2v) is 15.0. The fourth-order valence-corrected chi connectivity index (χ4v) is 9.18. The Balaban J connectivity index is 1.32. The molecule has 0 bridgehead atoms. The van der Waals surface area contributed by atoms with Crippen LogP contribution in [-0.2, 0) is 21.4 Å². The molecule has 4 aliphatic rings. The highest BCUT2D eigenvalue weighted by atomic mass is 32.2.